The van der Waals surface area contributed by atoms with Crippen molar-refractivity contribution in [2.75, 3.05) is 20.3 Å². The Labute approximate surface area is 194 Å². The van der Waals surface area contributed by atoms with Gasteiger partial charge >= 0.3 is 0 Å². The van der Waals surface area contributed by atoms with Crippen molar-refractivity contribution in [3.63, 3.8) is 0 Å². The van der Waals surface area contributed by atoms with Crippen LogP contribution in [0, 0.1) is 0 Å². The number of para-hydroxylation sites is 1. The number of benzene rings is 2. The maximum absolute atomic E-state index is 10.6. The average molecular weight is 449 g/mol. The first kappa shape index (κ1) is 23.0. The molecule has 3 N–H and O–H groups in total. The number of ether oxygens (including phenoxy) is 2. The summed E-state index contributed by atoms with van der Waals surface area (Å²) in [6.45, 7) is 6.86. The highest BCUT2D eigenvalue weighted by molar-refractivity contribution is 5.84. The first-order chi connectivity index (χ1) is 15.9. The third-order valence-corrected chi connectivity index (χ3v) is 5.80. The van der Waals surface area contributed by atoms with Crippen molar-refractivity contribution in [2.24, 2.45) is 0 Å². The van der Waals surface area contributed by atoms with Crippen molar-refractivity contribution in [2.45, 2.75) is 45.3 Å². The lowest BCUT2D eigenvalue weighted by Gasteiger charge is -2.27. The van der Waals surface area contributed by atoms with E-state index in [0.717, 1.165) is 40.6 Å². The van der Waals surface area contributed by atoms with E-state index in [1.165, 1.54) is 5.39 Å². The Bertz CT molecular complexity index is 1200. The standard InChI is InChI=1S/C26H32N4O3/c1-5-21-20-11-24(32-4)25(12-23(20)28-16-27-21)33-15-19(31)14-29-26(2,3)13-18-10-17-8-6-7-9-22(17)30-18/h6-12,16,19,29-31H,5,13-15H2,1-4H3. The molecule has 0 amide bonds. The van der Waals surface area contributed by atoms with E-state index in [2.05, 4.69) is 59.2 Å². The number of aromatic nitrogens is 3. The highest BCUT2D eigenvalue weighted by atomic mass is 16.5. The van der Waals surface area contributed by atoms with Gasteiger partial charge in [0.25, 0.3) is 0 Å². The number of H-pyrrole nitrogens is 1. The zero-order chi connectivity index (χ0) is 23.4. The number of hydrogen-bond acceptors (Lipinski definition) is 6. The molecule has 0 saturated heterocycles. The summed E-state index contributed by atoms with van der Waals surface area (Å²) >= 11 is 0. The van der Waals surface area contributed by atoms with Gasteiger partial charge in [0, 0.05) is 41.2 Å². The molecule has 0 aliphatic rings. The highest BCUT2D eigenvalue weighted by Gasteiger charge is 2.21. The predicted octanol–water partition coefficient (Wildman–Crippen LogP) is 4.03. The van der Waals surface area contributed by atoms with Crippen molar-refractivity contribution in [3.8, 4) is 11.5 Å². The maximum Gasteiger partial charge on any atom is 0.163 e. The summed E-state index contributed by atoms with van der Waals surface area (Å²) in [6.07, 6.45) is 2.50. The number of fused-ring (bicyclic) bond motifs is 2. The fraction of sp³-hybridized carbons (Fsp3) is 0.385. The molecule has 174 valence electrons. The fourth-order valence-electron chi connectivity index (χ4n) is 4.08. The van der Waals surface area contributed by atoms with E-state index < -0.39 is 6.10 Å². The van der Waals surface area contributed by atoms with Crippen LogP contribution < -0.4 is 14.8 Å². The van der Waals surface area contributed by atoms with Gasteiger partial charge in [-0.15, -0.1) is 0 Å². The third kappa shape index (κ3) is 5.43. The Balaban J connectivity index is 1.35. The van der Waals surface area contributed by atoms with E-state index >= 15 is 0 Å². The van der Waals surface area contributed by atoms with Crippen LogP contribution in [0.3, 0.4) is 0 Å². The molecular formula is C26H32N4O3. The molecule has 4 aromatic rings. The Morgan fingerprint density at radius 2 is 1.94 bits per heavy atom. The molecule has 1 atom stereocenters. The van der Waals surface area contributed by atoms with Crippen LogP contribution in [0.15, 0.2) is 48.8 Å². The summed E-state index contributed by atoms with van der Waals surface area (Å²) in [6, 6.07) is 14.2. The van der Waals surface area contributed by atoms with E-state index in [1.807, 2.05) is 24.3 Å². The molecule has 4 rings (SSSR count). The molecule has 0 saturated carbocycles. The van der Waals surface area contributed by atoms with Gasteiger partial charge in [-0.25, -0.2) is 9.97 Å². The van der Waals surface area contributed by atoms with Crippen LogP contribution in [0.25, 0.3) is 21.8 Å². The van der Waals surface area contributed by atoms with E-state index in [9.17, 15) is 5.11 Å². The number of rotatable bonds is 10. The van der Waals surface area contributed by atoms with Crippen molar-refractivity contribution in [1.29, 1.82) is 0 Å². The highest BCUT2D eigenvalue weighted by Crippen LogP contribution is 2.32. The van der Waals surface area contributed by atoms with Crippen LogP contribution in [-0.2, 0) is 12.8 Å². The minimum absolute atomic E-state index is 0.142. The lowest BCUT2D eigenvalue weighted by molar-refractivity contribution is 0.0973. The molecule has 2 heterocycles. The van der Waals surface area contributed by atoms with Crippen molar-refractivity contribution in [1.82, 2.24) is 20.3 Å². The van der Waals surface area contributed by atoms with E-state index in [1.54, 1.807) is 13.4 Å². The Hall–Kier alpha value is -3.16. The van der Waals surface area contributed by atoms with E-state index in [0.29, 0.717) is 18.0 Å². The Kier molecular flexibility index (Phi) is 6.81. The van der Waals surface area contributed by atoms with Gasteiger partial charge in [0.2, 0.25) is 0 Å². The van der Waals surface area contributed by atoms with Gasteiger partial charge in [0.05, 0.1) is 18.3 Å². The maximum atomic E-state index is 10.6. The van der Waals surface area contributed by atoms with Crippen LogP contribution in [0.5, 0.6) is 11.5 Å². The Morgan fingerprint density at radius 1 is 1.12 bits per heavy atom. The molecule has 2 aromatic carbocycles. The van der Waals surface area contributed by atoms with Gasteiger partial charge in [-0.1, -0.05) is 25.1 Å². The number of methoxy groups -OCH3 is 1. The third-order valence-electron chi connectivity index (χ3n) is 5.80. The van der Waals surface area contributed by atoms with Crippen LogP contribution in [0.4, 0.5) is 0 Å². The Morgan fingerprint density at radius 3 is 2.70 bits per heavy atom. The molecular weight excluding hydrogens is 416 g/mol. The molecule has 33 heavy (non-hydrogen) atoms. The largest absolute Gasteiger partial charge is 0.493 e. The lowest BCUT2D eigenvalue weighted by atomic mass is 9.98. The van der Waals surface area contributed by atoms with Gasteiger partial charge in [-0.05, 0) is 43.9 Å². The molecule has 7 nitrogen and oxygen atoms in total. The van der Waals surface area contributed by atoms with Crippen LogP contribution in [0.2, 0.25) is 0 Å². The fourth-order valence-corrected chi connectivity index (χ4v) is 4.08. The molecule has 2 aromatic heterocycles. The zero-order valence-electron chi connectivity index (χ0n) is 19.7. The smallest absolute Gasteiger partial charge is 0.163 e. The number of β-amino-alcohol motifs (C(OH)–C–C–N with tert-alkyl or cyclic N) is 1. The number of aryl methyl sites for hydroxylation is 1. The second kappa shape index (κ2) is 9.77. The number of nitrogens with zero attached hydrogens (tertiary/aromatic N) is 2. The second-order valence-electron chi connectivity index (χ2n) is 8.98. The van der Waals surface area contributed by atoms with Crippen molar-refractivity contribution >= 4 is 21.8 Å². The van der Waals surface area contributed by atoms with Crippen LogP contribution in [-0.4, -0.2) is 52.0 Å². The van der Waals surface area contributed by atoms with E-state index in [-0.39, 0.29) is 12.1 Å². The lowest BCUT2D eigenvalue weighted by Crippen LogP contribution is -2.46. The monoisotopic (exact) mass is 448 g/mol. The summed E-state index contributed by atoms with van der Waals surface area (Å²) in [4.78, 5) is 12.2. The first-order valence-corrected chi connectivity index (χ1v) is 11.3. The number of nitrogens with one attached hydrogen (secondary N) is 2. The average Bonchev–Trinajstić information content (AvgIpc) is 3.21. The molecule has 0 spiro atoms. The zero-order valence-corrected chi connectivity index (χ0v) is 19.7. The molecule has 0 bridgehead atoms. The molecule has 0 radical (unpaired) electrons. The van der Waals surface area contributed by atoms with Gasteiger partial charge < -0.3 is 24.9 Å². The number of hydrogen-bond donors (Lipinski definition) is 3. The minimum Gasteiger partial charge on any atom is -0.493 e. The summed E-state index contributed by atoms with van der Waals surface area (Å²) in [5.41, 5.74) is 3.86. The molecule has 7 heteroatoms. The summed E-state index contributed by atoms with van der Waals surface area (Å²) < 4.78 is 11.4. The summed E-state index contributed by atoms with van der Waals surface area (Å²) in [7, 11) is 1.61. The molecule has 0 fully saturated rings. The normalized spacial score (nSPS) is 12.9. The first-order valence-electron chi connectivity index (χ1n) is 11.3. The topological polar surface area (TPSA) is 92.3 Å². The summed E-state index contributed by atoms with van der Waals surface area (Å²) in [5.74, 6) is 1.16. The van der Waals surface area contributed by atoms with E-state index in [4.69, 9.17) is 9.47 Å². The summed E-state index contributed by atoms with van der Waals surface area (Å²) in [5, 5.41) is 16.2. The van der Waals surface area contributed by atoms with Crippen molar-refractivity contribution in [3.05, 3.63) is 60.2 Å². The number of aromatic amines is 1. The molecule has 0 aliphatic heterocycles. The van der Waals surface area contributed by atoms with Gasteiger partial charge in [-0.3, -0.25) is 0 Å². The number of aliphatic hydroxyl groups excluding tert-OH is 1. The van der Waals surface area contributed by atoms with Gasteiger partial charge in [0.1, 0.15) is 19.0 Å². The molecule has 1 unspecified atom stereocenters. The SMILES string of the molecule is CCc1ncnc2cc(OCC(O)CNC(C)(C)Cc3cc4ccccc4[nH]3)c(OC)cc12. The predicted molar refractivity (Wildman–Crippen MR) is 131 cm³/mol. The second-order valence-corrected chi connectivity index (χ2v) is 8.98. The molecule has 0 aliphatic carbocycles. The van der Waals surface area contributed by atoms with Crippen molar-refractivity contribution < 1.29 is 14.6 Å². The van der Waals surface area contributed by atoms with Crippen LogP contribution >= 0.6 is 0 Å². The van der Waals surface area contributed by atoms with Gasteiger partial charge in [0.15, 0.2) is 11.5 Å². The quantitative estimate of drug-likeness (QED) is 0.339. The minimum atomic E-state index is -0.677. The van der Waals surface area contributed by atoms with Crippen LogP contribution in [0.1, 0.15) is 32.2 Å². The number of aliphatic hydroxyl groups is 1. The van der Waals surface area contributed by atoms with Gasteiger partial charge in [-0.2, -0.15) is 0 Å².